The third-order valence-corrected chi connectivity index (χ3v) is 5.23. The first-order chi connectivity index (χ1) is 14.5. The smallest absolute Gasteiger partial charge is 0.286 e. The van der Waals surface area contributed by atoms with Gasteiger partial charge in [0.15, 0.2) is 15.7 Å². The Morgan fingerprint density at radius 2 is 1.74 bits per heavy atom. The van der Waals surface area contributed by atoms with E-state index in [1.54, 1.807) is 19.1 Å². The third kappa shape index (κ3) is 5.69. The number of benzene rings is 1. The fraction of sp³-hybridized carbons (Fsp3) is 0.300. The van der Waals surface area contributed by atoms with Crippen LogP contribution in [0.5, 0.6) is 0 Å². The molecule has 0 unspecified atom stereocenters. The Morgan fingerprint density at radius 1 is 1.03 bits per heavy atom. The quantitative estimate of drug-likeness (QED) is 0.559. The zero-order valence-corrected chi connectivity index (χ0v) is 18.3. The van der Waals surface area contributed by atoms with Gasteiger partial charge in [-0.1, -0.05) is 6.07 Å². The highest BCUT2D eigenvalue weighted by atomic mass is 32.2. The predicted octanol–water partition coefficient (Wildman–Crippen LogP) is 3.93. The molecule has 164 valence electrons. The van der Waals surface area contributed by atoms with Crippen LogP contribution in [0.3, 0.4) is 0 Å². The fourth-order valence-electron chi connectivity index (χ4n) is 2.75. The van der Waals surface area contributed by atoms with Crippen LogP contribution in [-0.2, 0) is 15.8 Å². The number of aryl methyl sites for hydroxylation is 1. The van der Waals surface area contributed by atoms with Crippen molar-refractivity contribution in [1.82, 2.24) is 19.9 Å². The molecule has 0 atom stereocenters. The second kappa shape index (κ2) is 8.50. The Hall–Kier alpha value is -3.21. The summed E-state index contributed by atoms with van der Waals surface area (Å²) in [4.78, 5) is 17.0. The fourth-order valence-corrected chi connectivity index (χ4v) is 3.49. The molecular formula is C20H22F2N6O2S. The van der Waals surface area contributed by atoms with Crippen molar-refractivity contribution in [2.75, 3.05) is 23.4 Å². The second-order valence-electron chi connectivity index (χ2n) is 7.06. The van der Waals surface area contributed by atoms with Gasteiger partial charge in [-0.3, -0.25) is 0 Å². The normalized spacial score (nSPS) is 11.9. The van der Waals surface area contributed by atoms with Gasteiger partial charge in [0, 0.05) is 25.4 Å². The molecule has 0 saturated heterocycles. The SMILES string of the molecule is CCNc1nc(Nc2cc(C)cc(S(C)(=O)=O)c2)nc(-c2cccc(C(C)(F)F)n2)n1. The first kappa shape index (κ1) is 22.5. The van der Waals surface area contributed by atoms with Gasteiger partial charge in [-0.25, -0.2) is 13.4 Å². The van der Waals surface area contributed by atoms with Crippen LogP contribution in [0.15, 0.2) is 41.3 Å². The highest BCUT2D eigenvalue weighted by Gasteiger charge is 2.26. The van der Waals surface area contributed by atoms with Crippen molar-refractivity contribution in [3.63, 3.8) is 0 Å². The predicted molar refractivity (Wildman–Crippen MR) is 114 cm³/mol. The molecule has 8 nitrogen and oxygen atoms in total. The Morgan fingerprint density at radius 3 is 2.39 bits per heavy atom. The van der Waals surface area contributed by atoms with Gasteiger partial charge in [-0.05, 0) is 49.7 Å². The lowest BCUT2D eigenvalue weighted by molar-refractivity contribution is 0.0129. The van der Waals surface area contributed by atoms with Crippen molar-refractivity contribution in [1.29, 1.82) is 0 Å². The molecule has 0 aliphatic carbocycles. The largest absolute Gasteiger partial charge is 0.354 e. The van der Waals surface area contributed by atoms with E-state index in [4.69, 9.17) is 0 Å². The number of nitrogens with zero attached hydrogens (tertiary/aromatic N) is 4. The summed E-state index contributed by atoms with van der Waals surface area (Å²) in [5.41, 5.74) is 0.944. The molecular weight excluding hydrogens is 426 g/mol. The average molecular weight is 448 g/mol. The minimum Gasteiger partial charge on any atom is -0.354 e. The molecule has 31 heavy (non-hydrogen) atoms. The molecule has 0 aliphatic rings. The number of hydrogen-bond acceptors (Lipinski definition) is 8. The van der Waals surface area contributed by atoms with Crippen LogP contribution in [0.1, 0.15) is 25.1 Å². The van der Waals surface area contributed by atoms with E-state index in [2.05, 4.69) is 30.6 Å². The Balaban J connectivity index is 2.05. The van der Waals surface area contributed by atoms with Gasteiger partial charge in [-0.2, -0.15) is 23.7 Å². The van der Waals surface area contributed by atoms with Crippen LogP contribution in [0.2, 0.25) is 0 Å². The molecule has 2 heterocycles. The van der Waals surface area contributed by atoms with E-state index in [0.717, 1.165) is 18.7 Å². The van der Waals surface area contributed by atoms with Gasteiger partial charge in [0.2, 0.25) is 11.9 Å². The van der Waals surface area contributed by atoms with Gasteiger partial charge in [0.05, 0.1) is 4.90 Å². The molecule has 0 bridgehead atoms. The monoisotopic (exact) mass is 448 g/mol. The van der Waals surface area contributed by atoms with Gasteiger partial charge in [0.25, 0.3) is 5.92 Å². The number of pyridine rings is 1. The summed E-state index contributed by atoms with van der Waals surface area (Å²) in [5, 5.41) is 5.93. The van der Waals surface area contributed by atoms with Gasteiger partial charge < -0.3 is 10.6 Å². The van der Waals surface area contributed by atoms with Crippen molar-refractivity contribution in [3.05, 3.63) is 47.7 Å². The van der Waals surface area contributed by atoms with E-state index in [1.807, 2.05) is 6.92 Å². The Kier molecular flexibility index (Phi) is 6.16. The Labute approximate surface area is 179 Å². The highest BCUT2D eigenvalue weighted by molar-refractivity contribution is 7.90. The average Bonchev–Trinajstić information content (AvgIpc) is 2.66. The standard InChI is InChI=1S/C20H22F2N6O2S/c1-5-23-18-26-17(15-7-6-8-16(25-15)20(3,21)22)27-19(28-18)24-13-9-12(2)10-14(11-13)31(4,29)30/h6-11H,5H2,1-4H3,(H2,23,24,26,27,28). The zero-order valence-electron chi connectivity index (χ0n) is 17.4. The number of nitrogens with one attached hydrogen (secondary N) is 2. The van der Waals surface area contributed by atoms with Crippen LogP contribution in [0.4, 0.5) is 26.4 Å². The molecule has 3 aromatic rings. The summed E-state index contributed by atoms with van der Waals surface area (Å²) >= 11 is 0. The molecule has 0 fully saturated rings. The molecule has 0 spiro atoms. The van der Waals surface area contributed by atoms with Crippen LogP contribution in [0.25, 0.3) is 11.5 Å². The highest BCUT2D eigenvalue weighted by Crippen LogP contribution is 2.27. The molecule has 0 saturated carbocycles. The van der Waals surface area contributed by atoms with Crippen molar-refractivity contribution < 1.29 is 17.2 Å². The molecule has 2 N–H and O–H groups in total. The van der Waals surface area contributed by atoms with E-state index < -0.39 is 21.5 Å². The van der Waals surface area contributed by atoms with Crippen LogP contribution in [-0.4, -0.2) is 41.2 Å². The summed E-state index contributed by atoms with van der Waals surface area (Å²) < 4.78 is 51.3. The Bertz CT molecular complexity index is 1210. The summed E-state index contributed by atoms with van der Waals surface area (Å²) in [5.74, 6) is -2.68. The summed E-state index contributed by atoms with van der Waals surface area (Å²) in [7, 11) is -3.41. The summed E-state index contributed by atoms with van der Waals surface area (Å²) in [6.45, 7) is 4.90. The number of rotatable bonds is 7. The van der Waals surface area contributed by atoms with Gasteiger partial charge >= 0.3 is 0 Å². The molecule has 1 aromatic carbocycles. The lowest BCUT2D eigenvalue weighted by atomic mass is 10.2. The number of aromatic nitrogens is 4. The first-order valence-electron chi connectivity index (χ1n) is 9.40. The van der Waals surface area contributed by atoms with E-state index in [9.17, 15) is 17.2 Å². The summed E-state index contributed by atoms with van der Waals surface area (Å²) in [6.07, 6.45) is 1.12. The lowest BCUT2D eigenvalue weighted by Crippen LogP contribution is -2.11. The van der Waals surface area contributed by atoms with E-state index in [1.165, 1.54) is 24.3 Å². The number of hydrogen-bond donors (Lipinski definition) is 2. The van der Waals surface area contributed by atoms with Crippen LogP contribution in [0, 0.1) is 6.92 Å². The summed E-state index contributed by atoms with van der Waals surface area (Å²) in [6, 6.07) is 8.98. The maximum atomic E-state index is 13.7. The number of anilines is 3. The van der Waals surface area contributed by atoms with Gasteiger partial charge in [-0.15, -0.1) is 0 Å². The molecule has 2 aromatic heterocycles. The van der Waals surface area contributed by atoms with Crippen molar-refractivity contribution in [3.8, 4) is 11.5 Å². The number of halogens is 2. The van der Waals surface area contributed by atoms with Crippen molar-refractivity contribution >= 4 is 27.4 Å². The van der Waals surface area contributed by atoms with E-state index >= 15 is 0 Å². The topological polar surface area (TPSA) is 110 Å². The lowest BCUT2D eigenvalue weighted by Gasteiger charge is -2.13. The van der Waals surface area contributed by atoms with E-state index in [0.29, 0.717) is 12.2 Å². The third-order valence-electron chi connectivity index (χ3n) is 4.13. The molecule has 3 rings (SSSR count). The zero-order chi connectivity index (χ0) is 22.8. The number of alkyl halides is 2. The van der Waals surface area contributed by atoms with Crippen molar-refractivity contribution in [2.45, 2.75) is 31.6 Å². The second-order valence-corrected chi connectivity index (χ2v) is 9.08. The minimum absolute atomic E-state index is 0.0931. The van der Waals surface area contributed by atoms with Crippen molar-refractivity contribution in [2.24, 2.45) is 0 Å². The van der Waals surface area contributed by atoms with Crippen LogP contribution < -0.4 is 10.6 Å². The maximum absolute atomic E-state index is 13.7. The molecule has 0 amide bonds. The first-order valence-corrected chi connectivity index (χ1v) is 11.3. The van der Waals surface area contributed by atoms with Crippen LogP contribution >= 0.6 is 0 Å². The van der Waals surface area contributed by atoms with E-state index in [-0.39, 0.29) is 28.3 Å². The minimum atomic E-state index is -3.41. The molecule has 0 radical (unpaired) electrons. The molecule has 11 heteroatoms. The van der Waals surface area contributed by atoms with Gasteiger partial charge in [0.1, 0.15) is 11.4 Å². The maximum Gasteiger partial charge on any atom is 0.286 e. The number of sulfone groups is 1. The molecule has 0 aliphatic heterocycles.